The molecule has 31 heteroatoms. The van der Waals surface area contributed by atoms with E-state index in [1.807, 2.05) is 80.6 Å². The average Bonchev–Trinajstić information content (AvgIpc) is 1.63. The molecular formula is C110H155N3O21S7. The molecule has 2 amide bonds. The monoisotopic (exact) mass is 2080 g/mol. The van der Waals surface area contributed by atoms with Crippen molar-refractivity contribution in [3.8, 4) is 0 Å². The Balaban J connectivity index is 0.000000182. The van der Waals surface area contributed by atoms with Crippen LogP contribution >= 0.6 is 0 Å². The van der Waals surface area contributed by atoms with Crippen LogP contribution in [0, 0.1) is 66.1 Å². The van der Waals surface area contributed by atoms with Crippen molar-refractivity contribution in [1.82, 2.24) is 4.90 Å². The molecule has 6 aromatic carbocycles. The minimum Gasteiger partial charge on any atom is -0.422 e. The molecule has 8 aromatic rings. The van der Waals surface area contributed by atoms with Crippen molar-refractivity contribution < 1.29 is 82.1 Å². The van der Waals surface area contributed by atoms with Crippen molar-refractivity contribution in [3.05, 3.63) is 217 Å². The molecule has 5 fully saturated rings. The van der Waals surface area contributed by atoms with Crippen LogP contribution in [0.15, 0.2) is 169 Å². The molecule has 0 spiro atoms. The molecule has 0 radical (unpaired) electrons. The van der Waals surface area contributed by atoms with Crippen LogP contribution in [0.2, 0.25) is 0 Å². The van der Waals surface area contributed by atoms with Crippen molar-refractivity contribution >= 4 is 120 Å². The number of benzene rings is 6. The fraction of sp³-hybridized carbons (Fsp3) is 0.591. The van der Waals surface area contributed by atoms with Crippen LogP contribution in [0.5, 0.6) is 0 Å². The number of sulfonamides is 2. The Hall–Kier alpha value is -8.20. The van der Waals surface area contributed by atoms with Gasteiger partial charge in [-0.3, -0.25) is 28.7 Å². The number of hydrogen-bond donors (Lipinski definition) is 2. The molecule has 2 aromatic heterocycles. The molecule has 0 saturated heterocycles. The van der Waals surface area contributed by atoms with Crippen molar-refractivity contribution in [3.63, 3.8) is 0 Å². The van der Waals surface area contributed by atoms with Crippen LogP contribution < -0.4 is 20.7 Å². The second-order valence-electron chi connectivity index (χ2n) is 42.4. The molecule has 0 atom stereocenters. The first-order chi connectivity index (χ1) is 66.3. The number of anilines is 2. The third kappa shape index (κ3) is 35.3. The molecule has 141 heavy (non-hydrogen) atoms. The van der Waals surface area contributed by atoms with E-state index < -0.39 is 74.9 Å². The predicted molar refractivity (Wildman–Crippen MR) is 569 cm³/mol. The van der Waals surface area contributed by atoms with Gasteiger partial charge in [0.2, 0.25) is 10.0 Å². The van der Waals surface area contributed by atoms with Gasteiger partial charge in [-0.05, 0) is 390 Å². The Morgan fingerprint density at radius 1 is 0.355 bits per heavy atom. The highest BCUT2D eigenvalue weighted by atomic mass is 32.2. The summed E-state index contributed by atoms with van der Waals surface area (Å²) >= 11 is 0. The summed E-state index contributed by atoms with van der Waals surface area (Å²) < 4.78 is 184. The van der Waals surface area contributed by atoms with Crippen molar-refractivity contribution in [1.29, 1.82) is 0 Å². The summed E-state index contributed by atoms with van der Waals surface area (Å²) in [6.45, 7) is 23.2. The van der Waals surface area contributed by atoms with E-state index in [2.05, 4.69) is 21.6 Å². The third-order valence-electron chi connectivity index (χ3n) is 30.0. The number of ketones is 1. The van der Waals surface area contributed by atoms with Gasteiger partial charge in [0.25, 0.3) is 21.8 Å². The van der Waals surface area contributed by atoms with E-state index in [4.69, 9.17) is 8.83 Å². The maximum atomic E-state index is 12.4. The molecule has 0 unspecified atom stereocenters. The van der Waals surface area contributed by atoms with Gasteiger partial charge in [-0.1, -0.05) is 125 Å². The number of aryl methyl sites for hydroxylation is 6. The maximum absolute atomic E-state index is 12.4. The molecule has 6 aliphatic rings. The molecule has 5 saturated carbocycles. The van der Waals surface area contributed by atoms with E-state index in [0.29, 0.717) is 128 Å². The Morgan fingerprint density at radius 2 is 0.681 bits per heavy atom. The Bertz CT molecular complexity index is 6480. The predicted octanol–water partition coefficient (Wildman–Crippen LogP) is 21.8. The van der Waals surface area contributed by atoms with Gasteiger partial charge in [0.1, 0.15) is 16.7 Å². The molecule has 0 bridgehead atoms. The van der Waals surface area contributed by atoms with Crippen molar-refractivity contribution in [2.75, 3.05) is 51.0 Å². The lowest BCUT2D eigenvalue weighted by atomic mass is 9.80. The minimum atomic E-state index is -3.57. The third-order valence-corrected chi connectivity index (χ3v) is 43.8. The standard InChI is InChI=1S/C24H33NO4S2.C23H30O5S.C22H31NO4S.C22H30O4S.C19H31NO4S2/c1-19(2)30(26,27)18-22-12-10-20(11-13-22)8-9-21-14-16-23(17-15-21)25-31(28,29)24-6-4-3-5-7-24;1-15(2)29(26,27)14-19-8-5-17(6-9-19)4-7-18-10-11-22-20(12-18)13-21(16(3)24)23(25)28-22;1-4-23-21(24)19-12-11-17(13-20(19)22(23)25)8-5-16-6-9-18(10-7-16)14-28(26,27)15(2)3;1-15(2)27(24,25)14-18-7-4-17(5-8-18)6-9-19-12-16(3)22-20(13-19)10-11-21(23)26-22;1-15(2)26(23,24)14-18-8-6-16(7-9-18)4-5-17-10-12-19(13-11-17)20-25(3,21)22/h3-7,14-17,19-20,22,25H,8-13,18H2,1-2H3;10-13,15,17,19H,4-9,14H2,1-3H3;11-13,15-16,18H,4-10,14H2,1-3H3;10-13,15,17-18H,4-9,14H2,1-3H3;10-13,15-16,18,20H,4-9,14H2,1-3H3. The second kappa shape index (κ2) is 51.7. The number of hydrogen-bond acceptors (Lipinski definition) is 21. The largest absolute Gasteiger partial charge is 0.422 e. The number of fused-ring (bicyclic) bond motifs is 3. The summed E-state index contributed by atoms with van der Waals surface area (Å²) in [5.41, 5.74) is 9.48. The van der Waals surface area contributed by atoms with Gasteiger partial charge >= 0.3 is 11.3 Å². The van der Waals surface area contributed by atoms with E-state index >= 15 is 0 Å². The zero-order valence-corrected chi connectivity index (χ0v) is 91.1. The summed E-state index contributed by atoms with van der Waals surface area (Å²) in [7, 11) is -21.5. The fourth-order valence-corrected chi connectivity index (χ4v) is 28.9. The van der Waals surface area contributed by atoms with Crippen LogP contribution in [-0.4, -0.2) is 149 Å². The number of nitrogens with zero attached hydrogens (tertiary/aromatic N) is 1. The van der Waals surface area contributed by atoms with Crippen LogP contribution in [0.3, 0.4) is 0 Å². The molecule has 778 valence electrons. The van der Waals surface area contributed by atoms with Crippen LogP contribution in [0.25, 0.3) is 21.9 Å². The summed E-state index contributed by atoms with van der Waals surface area (Å²) in [5.74, 6) is 5.75. The highest BCUT2D eigenvalue weighted by Crippen LogP contribution is 2.40. The summed E-state index contributed by atoms with van der Waals surface area (Å²) in [4.78, 5) is 60.9. The van der Waals surface area contributed by atoms with E-state index in [9.17, 15) is 82.9 Å². The minimum absolute atomic E-state index is 0.0873. The number of carbonyl (C=O) groups excluding carboxylic acids is 3. The molecule has 3 heterocycles. The van der Waals surface area contributed by atoms with Gasteiger partial charge in [0.15, 0.2) is 55.0 Å². The quantitative estimate of drug-likeness (QED) is 0.0207. The van der Waals surface area contributed by atoms with Crippen molar-refractivity contribution in [2.24, 2.45) is 59.2 Å². The van der Waals surface area contributed by atoms with E-state index in [1.165, 1.54) is 34.6 Å². The lowest BCUT2D eigenvalue weighted by Gasteiger charge is -2.29. The summed E-state index contributed by atoms with van der Waals surface area (Å²) in [6.07, 6.45) is 32.2. The normalized spacial score (nSPS) is 21.1. The van der Waals surface area contributed by atoms with E-state index in [0.717, 1.165) is 226 Å². The first-order valence-electron chi connectivity index (χ1n) is 51.2. The summed E-state index contributed by atoms with van der Waals surface area (Å²) in [6, 6.07) is 44.0. The zero-order valence-electron chi connectivity index (χ0n) is 85.4. The maximum Gasteiger partial charge on any atom is 0.347 e. The van der Waals surface area contributed by atoms with Gasteiger partial charge in [-0.2, -0.15) is 0 Å². The van der Waals surface area contributed by atoms with Gasteiger partial charge in [0.05, 0.1) is 77.3 Å². The fourth-order valence-electron chi connectivity index (χ4n) is 20.3. The number of carbonyl (C=O) groups is 3. The molecule has 24 nitrogen and oxygen atoms in total. The molecule has 14 rings (SSSR count). The topological polar surface area (TPSA) is 378 Å². The first kappa shape index (κ1) is 115. The molecule has 1 aliphatic heterocycles. The Labute approximate surface area is 841 Å². The van der Waals surface area contributed by atoms with E-state index in [-0.39, 0.29) is 59.9 Å². The average molecular weight is 2080 g/mol. The lowest BCUT2D eigenvalue weighted by molar-refractivity contribution is 0.0662. The highest BCUT2D eigenvalue weighted by molar-refractivity contribution is 7.93. The number of nitrogens with one attached hydrogen (secondary N) is 2. The molecule has 5 aliphatic carbocycles. The zero-order chi connectivity index (χ0) is 103. The van der Waals surface area contributed by atoms with Crippen LogP contribution in [0.1, 0.15) is 308 Å². The number of rotatable bonds is 37. The van der Waals surface area contributed by atoms with Crippen LogP contribution in [-0.2, 0) is 101 Å². The first-order valence-corrected chi connectivity index (χ1v) is 63.2. The van der Waals surface area contributed by atoms with Gasteiger partial charge < -0.3 is 8.83 Å². The summed E-state index contributed by atoms with van der Waals surface area (Å²) in [5, 5.41) is 0.341. The second-order valence-corrected chi connectivity index (χ2v) is 58.8. The lowest BCUT2D eigenvalue weighted by Crippen LogP contribution is -2.29. The molecular weight excluding hydrogens is 1920 g/mol. The number of Topliss-reactive ketones (excluding diaryl/α,β-unsaturated/α-hetero) is 1. The van der Waals surface area contributed by atoms with Gasteiger partial charge in [0, 0.05) is 34.8 Å². The molecule has 2 N–H and O–H groups in total. The van der Waals surface area contributed by atoms with Gasteiger partial charge in [-0.15, -0.1) is 0 Å². The Morgan fingerprint density at radius 3 is 1.04 bits per heavy atom. The number of amides is 2. The Kier molecular flexibility index (Phi) is 42.1. The highest BCUT2D eigenvalue weighted by Gasteiger charge is 2.37. The van der Waals surface area contributed by atoms with E-state index in [1.54, 1.807) is 130 Å². The smallest absolute Gasteiger partial charge is 0.347 e. The number of sulfone groups is 5. The van der Waals surface area contributed by atoms with Crippen molar-refractivity contribution in [2.45, 2.75) is 314 Å². The SMILES string of the molecule is CC(=O)c1cc2cc(CCC3CCC(CS(=O)(=O)C(C)C)CC3)ccc2oc1=O.CC(C)S(=O)(=O)CC1CCC(CCc2ccc(NS(=O)(=O)c3ccccc3)cc2)CC1.CC(C)S(=O)(=O)CC1CCC(CCc2ccc(NS(C)(=O)=O)cc2)CC1.CCN1C(=O)c2ccc(CCC3CCC(CS(=O)(=O)C(C)C)CC3)cc2C1=O.Cc1cc(CCC2CCC(CS(=O)(=O)C(C)C)CC2)cc2ccc(=O)oc12. The number of imide groups is 1. The van der Waals surface area contributed by atoms with Gasteiger partial charge in [-0.25, -0.2) is 68.5 Å². The van der Waals surface area contributed by atoms with Crippen LogP contribution in [0.4, 0.5) is 11.4 Å².